The predicted molar refractivity (Wildman–Crippen MR) is 112 cm³/mol. The van der Waals surface area contributed by atoms with Gasteiger partial charge in [-0.1, -0.05) is 18.2 Å². The Kier molecular flexibility index (Phi) is 10.4. The van der Waals surface area contributed by atoms with Crippen LogP contribution in [0.2, 0.25) is 0 Å². The molecule has 1 aromatic carbocycles. The van der Waals surface area contributed by atoms with Gasteiger partial charge in [0.15, 0.2) is 0 Å². The van der Waals surface area contributed by atoms with Gasteiger partial charge in [-0.3, -0.25) is 19.3 Å². The maximum atomic E-state index is 12.9. The molecular weight excluding hydrogens is 402 g/mol. The van der Waals surface area contributed by atoms with Crippen molar-refractivity contribution in [2.24, 2.45) is 0 Å². The first-order chi connectivity index (χ1) is 14.9. The molecule has 0 atom stereocenters. The molecule has 0 spiro atoms. The van der Waals surface area contributed by atoms with Crippen LogP contribution in [0.15, 0.2) is 43.0 Å². The quantitative estimate of drug-likeness (QED) is 0.692. The summed E-state index contributed by atoms with van der Waals surface area (Å²) < 4.78 is 1.95. The topological polar surface area (TPSA) is 140 Å². The maximum absolute atomic E-state index is 12.9. The maximum Gasteiger partial charge on any atom is 0.290 e. The molecule has 1 fully saturated rings. The fourth-order valence-corrected chi connectivity index (χ4v) is 3.60. The van der Waals surface area contributed by atoms with E-state index in [0.717, 1.165) is 43.6 Å². The fourth-order valence-electron chi connectivity index (χ4n) is 3.60. The molecule has 2 aromatic rings. The minimum Gasteiger partial charge on any atom is -0.483 e. The normalized spacial score (nSPS) is 14.5. The van der Waals surface area contributed by atoms with E-state index in [-0.39, 0.29) is 18.9 Å². The number of rotatable bonds is 4. The van der Waals surface area contributed by atoms with Crippen LogP contribution < -0.4 is 0 Å². The third-order valence-corrected chi connectivity index (χ3v) is 5.02. The van der Waals surface area contributed by atoms with Gasteiger partial charge in [0, 0.05) is 46.1 Å². The Morgan fingerprint density at radius 1 is 1.23 bits per heavy atom. The van der Waals surface area contributed by atoms with E-state index in [0.29, 0.717) is 0 Å². The number of aromatic nitrogens is 2. The Morgan fingerprint density at radius 3 is 2.29 bits per heavy atom. The molecule has 0 unspecified atom stereocenters. The lowest BCUT2D eigenvalue weighted by atomic mass is 9.85. The summed E-state index contributed by atoms with van der Waals surface area (Å²) in [6, 6.07) is 9.96. The Labute approximate surface area is 180 Å². The highest BCUT2D eigenvalue weighted by Crippen LogP contribution is 2.32. The smallest absolute Gasteiger partial charge is 0.290 e. The third-order valence-electron chi connectivity index (χ3n) is 5.02. The monoisotopic (exact) mass is 429 g/mol. The summed E-state index contributed by atoms with van der Waals surface area (Å²) in [5.74, 6) is 0.113. The van der Waals surface area contributed by atoms with Crippen molar-refractivity contribution < 1.29 is 24.6 Å². The highest BCUT2D eigenvalue weighted by molar-refractivity contribution is 5.84. The van der Waals surface area contributed by atoms with E-state index in [1.165, 1.54) is 0 Å². The molecular formula is C21H27N5O5. The Morgan fingerprint density at radius 2 is 1.81 bits per heavy atom. The number of likely N-dealkylation sites (tertiary alicyclic amines) is 1. The summed E-state index contributed by atoms with van der Waals surface area (Å²) in [5, 5.41) is 23.0. The second kappa shape index (κ2) is 12.8. The number of amides is 1. The average Bonchev–Trinajstić information content (AvgIpc) is 3.31. The first-order valence-electron chi connectivity index (χ1n) is 9.46. The molecule has 2 heterocycles. The van der Waals surface area contributed by atoms with E-state index in [1.54, 1.807) is 31.5 Å². The number of hydrogen-bond donors (Lipinski definition) is 2. The van der Waals surface area contributed by atoms with Crippen LogP contribution in [0.4, 0.5) is 0 Å². The van der Waals surface area contributed by atoms with Crippen molar-refractivity contribution in [3.05, 3.63) is 54.1 Å². The van der Waals surface area contributed by atoms with Gasteiger partial charge >= 0.3 is 0 Å². The zero-order valence-electron chi connectivity index (χ0n) is 17.6. The molecule has 31 heavy (non-hydrogen) atoms. The first kappa shape index (κ1) is 25.3. The van der Waals surface area contributed by atoms with Gasteiger partial charge < -0.3 is 19.7 Å². The van der Waals surface area contributed by atoms with Gasteiger partial charge in [-0.25, -0.2) is 4.98 Å². The summed E-state index contributed by atoms with van der Waals surface area (Å²) in [6.07, 6.45) is 6.80. The van der Waals surface area contributed by atoms with Crippen LogP contribution in [0.3, 0.4) is 0 Å². The Bertz CT molecular complexity index is 863. The second-order valence-corrected chi connectivity index (χ2v) is 6.96. The summed E-state index contributed by atoms with van der Waals surface area (Å²) in [7, 11) is 3.60. The van der Waals surface area contributed by atoms with E-state index in [2.05, 4.69) is 16.0 Å². The molecule has 166 valence electrons. The lowest BCUT2D eigenvalue weighted by molar-refractivity contribution is -0.141. The number of carbonyl (C=O) groups is 3. The van der Waals surface area contributed by atoms with Crippen LogP contribution >= 0.6 is 0 Å². The molecule has 0 aliphatic carbocycles. The number of likely N-dealkylation sites (N-methyl/N-ethyl adjacent to an activating group) is 1. The van der Waals surface area contributed by atoms with Crippen LogP contribution in [0, 0.1) is 11.3 Å². The number of piperidine rings is 1. The Hall–Kier alpha value is -3.71. The molecule has 1 saturated heterocycles. The van der Waals surface area contributed by atoms with Crippen molar-refractivity contribution >= 4 is 18.9 Å². The SMILES string of the molecule is CN(C)C(=O)C1(n2ccnc2)CCN(Cc2ccccc2C#N)CC1.O=CO.O=CO. The van der Waals surface area contributed by atoms with Crippen molar-refractivity contribution in [3.8, 4) is 6.07 Å². The summed E-state index contributed by atoms with van der Waals surface area (Å²) in [5.41, 5.74) is 1.20. The van der Waals surface area contributed by atoms with Gasteiger partial charge in [0.1, 0.15) is 5.54 Å². The largest absolute Gasteiger partial charge is 0.483 e. The van der Waals surface area contributed by atoms with Gasteiger partial charge in [-0.2, -0.15) is 5.26 Å². The van der Waals surface area contributed by atoms with Gasteiger partial charge in [-0.15, -0.1) is 0 Å². The van der Waals surface area contributed by atoms with E-state index in [4.69, 9.17) is 19.8 Å². The number of nitriles is 1. The molecule has 10 nitrogen and oxygen atoms in total. The van der Waals surface area contributed by atoms with E-state index < -0.39 is 5.54 Å². The molecule has 1 aliphatic heterocycles. The summed E-state index contributed by atoms with van der Waals surface area (Å²) in [6.45, 7) is 1.84. The number of benzene rings is 1. The van der Waals surface area contributed by atoms with E-state index >= 15 is 0 Å². The van der Waals surface area contributed by atoms with Crippen molar-refractivity contribution in [2.75, 3.05) is 27.2 Å². The zero-order chi connectivity index (χ0) is 23.3. The van der Waals surface area contributed by atoms with Gasteiger partial charge in [0.2, 0.25) is 5.91 Å². The van der Waals surface area contributed by atoms with Crippen LogP contribution in [0.25, 0.3) is 0 Å². The molecule has 1 aliphatic rings. The van der Waals surface area contributed by atoms with Gasteiger partial charge in [0.05, 0.1) is 18.0 Å². The molecule has 0 saturated carbocycles. The van der Waals surface area contributed by atoms with E-state index in [9.17, 15) is 10.1 Å². The lowest BCUT2D eigenvalue weighted by Crippen LogP contribution is -2.54. The molecule has 1 amide bonds. The second-order valence-electron chi connectivity index (χ2n) is 6.96. The highest BCUT2D eigenvalue weighted by Gasteiger charge is 2.43. The first-order valence-corrected chi connectivity index (χ1v) is 9.46. The summed E-state index contributed by atoms with van der Waals surface area (Å²) >= 11 is 0. The lowest BCUT2D eigenvalue weighted by Gasteiger charge is -2.42. The van der Waals surface area contributed by atoms with Gasteiger partial charge in [-0.05, 0) is 24.5 Å². The van der Waals surface area contributed by atoms with Crippen molar-refractivity contribution in [3.63, 3.8) is 0 Å². The summed E-state index contributed by atoms with van der Waals surface area (Å²) in [4.78, 5) is 37.7. The van der Waals surface area contributed by atoms with E-state index in [1.807, 2.05) is 35.0 Å². The van der Waals surface area contributed by atoms with Crippen molar-refractivity contribution in [1.29, 1.82) is 5.26 Å². The average molecular weight is 429 g/mol. The number of carboxylic acid groups (broad SMARTS) is 2. The fraction of sp³-hybridized carbons (Fsp3) is 0.381. The van der Waals surface area contributed by atoms with Crippen molar-refractivity contribution in [2.45, 2.75) is 24.9 Å². The Balaban J connectivity index is 0.000000720. The van der Waals surface area contributed by atoms with Crippen LogP contribution in [0.1, 0.15) is 24.0 Å². The molecule has 2 N–H and O–H groups in total. The standard InChI is InChI=1S/C19H23N5O.2CH2O2/c1-22(2)18(25)19(24-12-9-21-15-24)7-10-23(11-8-19)14-17-6-4-3-5-16(17)13-20;2*2-1-3/h3-6,9,12,15H,7-8,10-11,14H2,1-2H3;2*1H,(H,2,3). The van der Waals surface area contributed by atoms with Crippen molar-refractivity contribution in [1.82, 2.24) is 19.4 Å². The highest BCUT2D eigenvalue weighted by atomic mass is 16.3. The number of nitrogens with zero attached hydrogens (tertiary/aromatic N) is 5. The minimum absolute atomic E-state index is 0.113. The molecule has 0 bridgehead atoms. The number of carbonyl (C=O) groups excluding carboxylic acids is 1. The molecule has 1 aromatic heterocycles. The molecule has 0 radical (unpaired) electrons. The van der Waals surface area contributed by atoms with Crippen LogP contribution in [-0.4, -0.2) is 75.6 Å². The predicted octanol–water partition coefficient (Wildman–Crippen LogP) is 1.24. The third kappa shape index (κ3) is 6.65. The number of imidazole rings is 1. The van der Waals surface area contributed by atoms with Crippen LogP contribution in [0.5, 0.6) is 0 Å². The van der Waals surface area contributed by atoms with Gasteiger partial charge in [0.25, 0.3) is 12.9 Å². The zero-order valence-corrected chi connectivity index (χ0v) is 17.6. The molecule has 10 heteroatoms. The minimum atomic E-state index is -0.564. The number of hydrogen-bond acceptors (Lipinski definition) is 6. The van der Waals surface area contributed by atoms with Crippen LogP contribution in [-0.2, 0) is 26.5 Å². The molecule has 3 rings (SSSR count).